The SMILES string of the molecule is Cc1nc(Sc2cc(C(C)N)ccn2)oc1C. The number of pyridine rings is 1. The van der Waals surface area contributed by atoms with Gasteiger partial charge in [0.15, 0.2) is 0 Å². The lowest BCUT2D eigenvalue weighted by Gasteiger charge is -2.05. The Labute approximate surface area is 105 Å². The zero-order valence-corrected chi connectivity index (χ0v) is 10.9. The molecule has 4 nitrogen and oxygen atoms in total. The maximum absolute atomic E-state index is 5.83. The van der Waals surface area contributed by atoms with Gasteiger partial charge in [-0.15, -0.1) is 0 Å². The Hall–Kier alpha value is -1.33. The van der Waals surface area contributed by atoms with Gasteiger partial charge in [-0.05, 0) is 50.2 Å². The second-order valence-corrected chi connectivity index (χ2v) is 4.91. The minimum absolute atomic E-state index is 0.00498. The number of aryl methyl sites for hydroxylation is 2. The van der Waals surface area contributed by atoms with Crippen molar-refractivity contribution in [1.82, 2.24) is 9.97 Å². The standard InChI is InChI=1S/C12H15N3OS/c1-7(13)10-4-5-14-11(6-10)17-12-15-8(2)9(3)16-12/h4-7H,13H2,1-3H3. The highest BCUT2D eigenvalue weighted by Gasteiger charge is 2.09. The fourth-order valence-corrected chi connectivity index (χ4v) is 2.18. The predicted octanol–water partition coefficient (Wildman–Crippen LogP) is 2.86. The highest BCUT2D eigenvalue weighted by Crippen LogP contribution is 2.27. The van der Waals surface area contributed by atoms with Crippen LogP contribution >= 0.6 is 11.8 Å². The molecule has 0 aromatic carbocycles. The average Bonchev–Trinajstić information content (AvgIpc) is 2.58. The molecule has 0 aliphatic heterocycles. The molecule has 0 spiro atoms. The second kappa shape index (κ2) is 4.89. The quantitative estimate of drug-likeness (QED) is 0.906. The molecule has 0 bridgehead atoms. The Kier molecular flexibility index (Phi) is 3.49. The minimum Gasteiger partial charge on any atom is -0.436 e. The van der Waals surface area contributed by atoms with E-state index in [9.17, 15) is 0 Å². The van der Waals surface area contributed by atoms with Crippen LogP contribution in [0.15, 0.2) is 33.0 Å². The van der Waals surface area contributed by atoms with Crippen LogP contribution in [0, 0.1) is 13.8 Å². The number of hydrogen-bond acceptors (Lipinski definition) is 5. The van der Waals surface area contributed by atoms with Crippen molar-refractivity contribution in [3.05, 3.63) is 35.3 Å². The highest BCUT2D eigenvalue weighted by atomic mass is 32.2. The molecule has 0 aliphatic rings. The van der Waals surface area contributed by atoms with E-state index >= 15 is 0 Å². The van der Waals surface area contributed by atoms with Crippen molar-refractivity contribution in [2.24, 2.45) is 5.73 Å². The van der Waals surface area contributed by atoms with Gasteiger partial charge >= 0.3 is 0 Å². The Bertz CT molecular complexity index is 503. The van der Waals surface area contributed by atoms with Crippen LogP contribution in [-0.2, 0) is 0 Å². The number of nitrogens with zero attached hydrogens (tertiary/aromatic N) is 2. The average molecular weight is 249 g/mol. The second-order valence-electron chi connectivity index (χ2n) is 3.94. The maximum atomic E-state index is 5.83. The molecule has 90 valence electrons. The Morgan fingerprint density at radius 1 is 1.41 bits per heavy atom. The number of oxazole rings is 1. The van der Waals surface area contributed by atoms with Crippen LogP contribution in [0.25, 0.3) is 0 Å². The summed E-state index contributed by atoms with van der Waals surface area (Å²) in [4.78, 5) is 8.57. The zero-order valence-electron chi connectivity index (χ0n) is 10.1. The van der Waals surface area contributed by atoms with E-state index in [0.717, 1.165) is 22.0 Å². The first-order valence-electron chi connectivity index (χ1n) is 5.39. The lowest BCUT2D eigenvalue weighted by molar-refractivity contribution is 0.431. The summed E-state index contributed by atoms with van der Waals surface area (Å²) in [7, 11) is 0. The molecule has 1 unspecified atom stereocenters. The van der Waals surface area contributed by atoms with Gasteiger partial charge in [0, 0.05) is 12.2 Å². The van der Waals surface area contributed by atoms with Crippen LogP contribution in [0.5, 0.6) is 0 Å². The van der Waals surface area contributed by atoms with Crippen molar-refractivity contribution in [3.63, 3.8) is 0 Å². The Balaban J connectivity index is 2.21. The van der Waals surface area contributed by atoms with Gasteiger partial charge < -0.3 is 10.2 Å². The molecule has 2 aromatic rings. The maximum Gasteiger partial charge on any atom is 0.262 e. The molecule has 0 saturated heterocycles. The molecule has 17 heavy (non-hydrogen) atoms. The molecule has 2 aromatic heterocycles. The van der Waals surface area contributed by atoms with E-state index in [4.69, 9.17) is 10.2 Å². The van der Waals surface area contributed by atoms with Crippen molar-refractivity contribution in [3.8, 4) is 0 Å². The summed E-state index contributed by atoms with van der Waals surface area (Å²) >= 11 is 1.41. The molecule has 0 fully saturated rings. The van der Waals surface area contributed by atoms with E-state index in [1.54, 1.807) is 6.20 Å². The van der Waals surface area contributed by atoms with Crippen LogP contribution < -0.4 is 5.73 Å². The third-order valence-corrected chi connectivity index (χ3v) is 3.27. The fraction of sp³-hybridized carbons (Fsp3) is 0.333. The van der Waals surface area contributed by atoms with Gasteiger partial charge in [-0.3, -0.25) is 0 Å². The molecule has 0 saturated carbocycles. The summed E-state index contributed by atoms with van der Waals surface area (Å²) in [5.74, 6) is 0.843. The van der Waals surface area contributed by atoms with E-state index in [1.807, 2.05) is 32.9 Å². The van der Waals surface area contributed by atoms with Crippen molar-refractivity contribution >= 4 is 11.8 Å². The normalized spacial score (nSPS) is 12.7. The number of hydrogen-bond donors (Lipinski definition) is 1. The lowest BCUT2D eigenvalue weighted by Crippen LogP contribution is -2.04. The summed E-state index contributed by atoms with van der Waals surface area (Å²) < 4.78 is 5.50. The van der Waals surface area contributed by atoms with E-state index in [-0.39, 0.29) is 6.04 Å². The molecular weight excluding hydrogens is 234 g/mol. The molecule has 2 rings (SSSR count). The zero-order chi connectivity index (χ0) is 12.4. The fourth-order valence-electron chi connectivity index (χ4n) is 1.34. The van der Waals surface area contributed by atoms with E-state index in [2.05, 4.69) is 9.97 Å². The first-order chi connectivity index (χ1) is 8.06. The largest absolute Gasteiger partial charge is 0.436 e. The molecule has 0 amide bonds. The van der Waals surface area contributed by atoms with Gasteiger partial charge in [0.05, 0.1) is 5.69 Å². The van der Waals surface area contributed by atoms with Crippen LogP contribution in [-0.4, -0.2) is 9.97 Å². The number of nitrogens with two attached hydrogens (primary N) is 1. The van der Waals surface area contributed by atoms with Gasteiger partial charge in [0.1, 0.15) is 10.8 Å². The van der Waals surface area contributed by atoms with Crippen molar-refractivity contribution in [2.75, 3.05) is 0 Å². The number of aromatic nitrogens is 2. The van der Waals surface area contributed by atoms with Crippen LogP contribution in [0.3, 0.4) is 0 Å². The van der Waals surface area contributed by atoms with Gasteiger partial charge in [-0.2, -0.15) is 0 Å². The van der Waals surface area contributed by atoms with Crippen LogP contribution in [0.4, 0.5) is 0 Å². The Morgan fingerprint density at radius 2 is 2.18 bits per heavy atom. The third kappa shape index (κ3) is 2.87. The molecule has 1 atom stereocenters. The summed E-state index contributed by atoms with van der Waals surface area (Å²) in [6.45, 7) is 5.77. The van der Waals surface area contributed by atoms with Crippen molar-refractivity contribution < 1.29 is 4.42 Å². The van der Waals surface area contributed by atoms with Crippen molar-refractivity contribution in [1.29, 1.82) is 0 Å². The molecule has 5 heteroatoms. The van der Waals surface area contributed by atoms with Gasteiger partial charge in [-0.1, -0.05) is 0 Å². The molecule has 2 N–H and O–H groups in total. The lowest BCUT2D eigenvalue weighted by atomic mass is 10.1. The first-order valence-corrected chi connectivity index (χ1v) is 6.21. The van der Waals surface area contributed by atoms with Gasteiger partial charge in [0.25, 0.3) is 5.22 Å². The molecule has 0 radical (unpaired) electrons. The van der Waals surface area contributed by atoms with Gasteiger partial charge in [-0.25, -0.2) is 9.97 Å². The smallest absolute Gasteiger partial charge is 0.262 e. The van der Waals surface area contributed by atoms with Crippen LogP contribution in [0.1, 0.15) is 30.0 Å². The monoisotopic (exact) mass is 249 g/mol. The third-order valence-electron chi connectivity index (χ3n) is 2.49. The van der Waals surface area contributed by atoms with E-state index in [1.165, 1.54) is 11.8 Å². The summed E-state index contributed by atoms with van der Waals surface area (Å²) in [5, 5.41) is 1.47. The molecule has 2 heterocycles. The first kappa shape index (κ1) is 12.1. The summed E-state index contributed by atoms with van der Waals surface area (Å²) in [5.41, 5.74) is 7.80. The summed E-state index contributed by atoms with van der Waals surface area (Å²) in [6.07, 6.45) is 1.75. The highest BCUT2D eigenvalue weighted by molar-refractivity contribution is 7.99. The van der Waals surface area contributed by atoms with Crippen molar-refractivity contribution in [2.45, 2.75) is 37.1 Å². The molecule has 0 aliphatic carbocycles. The summed E-state index contributed by atoms with van der Waals surface area (Å²) in [6, 6.07) is 3.88. The number of rotatable bonds is 3. The van der Waals surface area contributed by atoms with Crippen LogP contribution in [0.2, 0.25) is 0 Å². The molecular formula is C12H15N3OS. The minimum atomic E-state index is 0.00498. The topological polar surface area (TPSA) is 64.9 Å². The van der Waals surface area contributed by atoms with E-state index in [0.29, 0.717) is 5.22 Å². The predicted molar refractivity (Wildman–Crippen MR) is 66.9 cm³/mol. The van der Waals surface area contributed by atoms with Gasteiger partial charge in [0.2, 0.25) is 0 Å². The Morgan fingerprint density at radius 3 is 2.76 bits per heavy atom. The van der Waals surface area contributed by atoms with E-state index < -0.39 is 0 Å².